The Hall–Kier alpha value is -0.150. The smallest absolute Gasteiger partial charge is 0.175 e. The van der Waals surface area contributed by atoms with Crippen LogP contribution in [0.5, 0.6) is 0 Å². The summed E-state index contributed by atoms with van der Waals surface area (Å²) in [4.78, 5) is 13.3. The second kappa shape index (κ2) is 6.85. The zero-order chi connectivity index (χ0) is 13.0. The van der Waals surface area contributed by atoms with E-state index in [0.29, 0.717) is 5.78 Å². The van der Waals surface area contributed by atoms with Crippen molar-refractivity contribution in [1.29, 1.82) is 0 Å². The van der Waals surface area contributed by atoms with E-state index in [2.05, 4.69) is 22.9 Å². The average molecular weight is 329 g/mol. The zero-order valence-corrected chi connectivity index (χ0v) is 13.4. The number of carbonyl (C=O) groups excluding carboxylic acids is 1. The molecule has 0 bridgehead atoms. The van der Waals surface area contributed by atoms with Crippen LogP contribution in [0.25, 0.3) is 0 Å². The van der Waals surface area contributed by atoms with Crippen LogP contribution in [-0.2, 0) is 0 Å². The number of unbranched alkanes of at least 4 members (excludes halogenated alkanes) is 1. The zero-order valence-electron chi connectivity index (χ0n) is 11.0. The maximum Gasteiger partial charge on any atom is 0.175 e. The molecule has 0 aliphatic heterocycles. The minimum absolute atomic E-state index is 0.286. The van der Waals surface area contributed by atoms with E-state index in [1.54, 1.807) is 11.3 Å². The predicted octanol–water partition coefficient (Wildman–Crippen LogP) is 5.69. The molecule has 0 atom stereocenters. The van der Waals surface area contributed by atoms with Crippen molar-refractivity contribution in [2.45, 2.75) is 51.9 Å². The fourth-order valence-corrected chi connectivity index (χ4v) is 4.26. The largest absolute Gasteiger partial charge is 0.293 e. The van der Waals surface area contributed by atoms with Crippen molar-refractivity contribution >= 4 is 33.0 Å². The number of thiophene rings is 1. The predicted molar refractivity (Wildman–Crippen MR) is 81.3 cm³/mol. The van der Waals surface area contributed by atoms with E-state index >= 15 is 0 Å². The summed E-state index contributed by atoms with van der Waals surface area (Å²) in [5, 5.41) is 0. The van der Waals surface area contributed by atoms with Crippen LogP contribution < -0.4 is 0 Å². The third kappa shape index (κ3) is 3.67. The first-order valence-corrected chi connectivity index (χ1v) is 8.61. The lowest BCUT2D eigenvalue weighted by Gasteiger charge is -2.27. The van der Waals surface area contributed by atoms with Crippen molar-refractivity contribution in [2.24, 2.45) is 11.8 Å². The molecule has 1 fully saturated rings. The highest BCUT2D eigenvalue weighted by atomic mass is 79.9. The number of carbonyl (C=O) groups is 1. The molecule has 1 aromatic heterocycles. The van der Waals surface area contributed by atoms with E-state index in [0.717, 1.165) is 27.4 Å². The van der Waals surface area contributed by atoms with E-state index in [1.165, 1.54) is 32.1 Å². The second-order valence-electron chi connectivity index (χ2n) is 5.33. The van der Waals surface area contributed by atoms with Crippen LogP contribution in [0.4, 0.5) is 0 Å². The summed E-state index contributed by atoms with van der Waals surface area (Å²) in [5.74, 6) is 1.54. The lowest BCUT2D eigenvalue weighted by atomic mass is 9.78. The molecule has 0 saturated heterocycles. The average Bonchev–Trinajstić information content (AvgIpc) is 2.83. The highest BCUT2D eigenvalue weighted by Crippen LogP contribution is 2.35. The van der Waals surface area contributed by atoms with Gasteiger partial charge in [-0.3, -0.25) is 4.79 Å². The molecule has 1 aliphatic carbocycles. The molecule has 18 heavy (non-hydrogen) atoms. The van der Waals surface area contributed by atoms with E-state index in [4.69, 9.17) is 0 Å². The van der Waals surface area contributed by atoms with Gasteiger partial charge in [-0.1, -0.05) is 26.2 Å². The molecular weight excluding hydrogens is 308 g/mol. The highest BCUT2D eigenvalue weighted by molar-refractivity contribution is 9.11. The van der Waals surface area contributed by atoms with Gasteiger partial charge in [0.1, 0.15) is 0 Å². The summed E-state index contributed by atoms with van der Waals surface area (Å²) in [6, 6.07) is 3.94. The molecule has 1 aliphatic rings. The highest BCUT2D eigenvalue weighted by Gasteiger charge is 2.27. The Morgan fingerprint density at radius 3 is 2.61 bits per heavy atom. The summed E-state index contributed by atoms with van der Waals surface area (Å²) < 4.78 is 1.06. The molecule has 0 N–H and O–H groups in total. The summed E-state index contributed by atoms with van der Waals surface area (Å²) in [7, 11) is 0. The summed E-state index contributed by atoms with van der Waals surface area (Å²) >= 11 is 5.00. The van der Waals surface area contributed by atoms with Gasteiger partial charge in [0.05, 0.1) is 8.66 Å². The number of ketones is 1. The molecule has 100 valence electrons. The Morgan fingerprint density at radius 1 is 1.33 bits per heavy atom. The number of rotatable bonds is 5. The van der Waals surface area contributed by atoms with Gasteiger partial charge in [0, 0.05) is 5.92 Å². The Kier molecular flexibility index (Phi) is 5.43. The van der Waals surface area contributed by atoms with Gasteiger partial charge >= 0.3 is 0 Å². The lowest BCUT2D eigenvalue weighted by Crippen LogP contribution is -2.21. The summed E-state index contributed by atoms with van der Waals surface area (Å²) in [5.41, 5.74) is 0. The van der Waals surface area contributed by atoms with Crippen molar-refractivity contribution < 1.29 is 4.79 Å². The minimum Gasteiger partial charge on any atom is -0.293 e. The molecular formula is C15H21BrOS. The second-order valence-corrected chi connectivity index (χ2v) is 7.79. The Bertz CT molecular complexity index is 391. The Labute approximate surface area is 122 Å². The van der Waals surface area contributed by atoms with Gasteiger partial charge in [0.2, 0.25) is 0 Å². The van der Waals surface area contributed by atoms with Gasteiger partial charge in [0.15, 0.2) is 5.78 Å². The molecule has 0 unspecified atom stereocenters. The van der Waals surface area contributed by atoms with Crippen molar-refractivity contribution in [2.75, 3.05) is 0 Å². The van der Waals surface area contributed by atoms with E-state index in [-0.39, 0.29) is 5.92 Å². The van der Waals surface area contributed by atoms with Crippen LogP contribution >= 0.6 is 27.3 Å². The van der Waals surface area contributed by atoms with Gasteiger partial charge in [-0.25, -0.2) is 0 Å². The monoisotopic (exact) mass is 328 g/mol. The maximum absolute atomic E-state index is 12.3. The molecule has 1 heterocycles. The molecule has 0 aromatic carbocycles. The molecule has 1 saturated carbocycles. The fraction of sp³-hybridized carbons (Fsp3) is 0.667. The van der Waals surface area contributed by atoms with Crippen LogP contribution in [-0.4, -0.2) is 5.78 Å². The molecule has 0 amide bonds. The molecule has 0 spiro atoms. The number of Topliss-reactive ketones (excluding diaryl/α,β-unsaturated/α-hetero) is 1. The van der Waals surface area contributed by atoms with Gasteiger partial charge in [-0.2, -0.15) is 0 Å². The van der Waals surface area contributed by atoms with Gasteiger partial charge < -0.3 is 0 Å². The minimum atomic E-state index is 0.286. The van der Waals surface area contributed by atoms with E-state index in [1.807, 2.05) is 12.1 Å². The molecule has 0 radical (unpaired) electrons. The van der Waals surface area contributed by atoms with Crippen LogP contribution in [0.1, 0.15) is 61.5 Å². The third-order valence-corrected chi connectivity index (χ3v) is 5.64. The third-order valence-electron chi connectivity index (χ3n) is 4.00. The molecule has 3 heteroatoms. The van der Waals surface area contributed by atoms with Gasteiger partial charge in [0.25, 0.3) is 0 Å². The summed E-state index contributed by atoms with van der Waals surface area (Å²) in [6.07, 6.45) is 8.71. The SMILES string of the molecule is CCCCC1CCC(C(=O)c2ccc(Br)s2)CC1. The number of hydrogen-bond acceptors (Lipinski definition) is 2. The molecule has 1 nitrogen and oxygen atoms in total. The van der Waals surface area contributed by atoms with Crippen molar-refractivity contribution in [3.05, 3.63) is 20.8 Å². The maximum atomic E-state index is 12.3. The Morgan fingerprint density at radius 2 is 2.06 bits per heavy atom. The normalized spacial score (nSPS) is 24.1. The van der Waals surface area contributed by atoms with Crippen LogP contribution in [0.2, 0.25) is 0 Å². The van der Waals surface area contributed by atoms with Crippen molar-refractivity contribution in [3.63, 3.8) is 0 Å². The first-order chi connectivity index (χ1) is 8.70. The van der Waals surface area contributed by atoms with Crippen LogP contribution in [0, 0.1) is 11.8 Å². The van der Waals surface area contributed by atoms with E-state index in [9.17, 15) is 4.79 Å². The van der Waals surface area contributed by atoms with Crippen molar-refractivity contribution in [1.82, 2.24) is 0 Å². The Balaban J connectivity index is 1.84. The van der Waals surface area contributed by atoms with Crippen LogP contribution in [0.3, 0.4) is 0 Å². The molecule has 2 rings (SSSR count). The van der Waals surface area contributed by atoms with Gasteiger partial charge in [-0.05, 0) is 59.7 Å². The number of hydrogen-bond donors (Lipinski definition) is 0. The first-order valence-electron chi connectivity index (χ1n) is 7.00. The lowest BCUT2D eigenvalue weighted by molar-refractivity contribution is 0.0874. The standard InChI is InChI=1S/C15H21BrOS/c1-2-3-4-11-5-7-12(8-6-11)15(17)13-9-10-14(16)18-13/h9-12H,2-8H2,1H3. The van der Waals surface area contributed by atoms with Gasteiger partial charge in [-0.15, -0.1) is 11.3 Å². The van der Waals surface area contributed by atoms with E-state index < -0.39 is 0 Å². The fourth-order valence-electron chi connectivity index (χ4n) is 2.85. The number of halogens is 1. The molecule has 1 aromatic rings. The van der Waals surface area contributed by atoms with Crippen molar-refractivity contribution in [3.8, 4) is 0 Å². The quantitative estimate of drug-likeness (QED) is 0.634. The first kappa shape index (κ1) is 14.3. The topological polar surface area (TPSA) is 17.1 Å². The summed E-state index contributed by atoms with van der Waals surface area (Å²) in [6.45, 7) is 2.25. The van der Waals surface area contributed by atoms with Crippen LogP contribution in [0.15, 0.2) is 15.9 Å².